The minimum atomic E-state index is -0.477. The number of halogens is 3. The highest BCUT2D eigenvalue weighted by Gasteiger charge is 2.08. The van der Waals surface area contributed by atoms with Gasteiger partial charge in [-0.2, -0.15) is 4.98 Å². The van der Waals surface area contributed by atoms with E-state index in [4.69, 9.17) is 17.4 Å². The average Bonchev–Trinajstić information content (AvgIpc) is 2.35. The lowest BCUT2D eigenvalue weighted by molar-refractivity contribution is 0.632. The van der Waals surface area contributed by atoms with Gasteiger partial charge in [0.1, 0.15) is 5.82 Å². The van der Waals surface area contributed by atoms with Crippen LogP contribution in [0.1, 0.15) is 0 Å². The summed E-state index contributed by atoms with van der Waals surface area (Å²) in [6.07, 6.45) is 1.50. The maximum absolute atomic E-state index is 13.6. The first-order valence-corrected chi connectivity index (χ1v) is 5.98. The minimum Gasteiger partial charge on any atom is -0.337 e. The molecule has 0 radical (unpaired) electrons. The third kappa shape index (κ3) is 2.87. The zero-order valence-corrected chi connectivity index (χ0v) is 11.3. The number of hydrazine groups is 1. The largest absolute Gasteiger partial charge is 0.337 e. The van der Waals surface area contributed by atoms with Gasteiger partial charge in [0.15, 0.2) is 5.82 Å². The Morgan fingerprint density at radius 3 is 2.83 bits per heavy atom. The maximum atomic E-state index is 13.6. The summed E-state index contributed by atoms with van der Waals surface area (Å²) in [5.74, 6) is 5.33. The van der Waals surface area contributed by atoms with E-state index >= 15 is 0 Å². The molecule has 0 saturated heterocycles. The molecule has 94 valence electrons. The smallest absolute Gasteiger partial charge is 0.239 e. The number of nitrogen functional groups attached to an aromatic ring is 1. The van der Waals surface area contributed by atoms with Crippen molar-refractivity contribution in [3.8, 4) is 0 Å². The topological polar surface area (TPSA) is 75.9 Å². The molecule has 8 heteroatoms. The highest BCUT2D eigenvalue weighted by Crippen LogP contribution is 2.26. The summed E-state index contributed by atoms with van der Waals surface area (Å²) in [5, 5.41) is 3.14. The molecular formula is C10H8BrClFN5. The lowest BCUT2D eigenvalue weighted by Crippen LogP contribution is -2.11. The van der Waals surface area contributed by atoms with Gasteiger partial charge in [-0.25, -0.2) is 15.2 Å². The van der Waals surface area contributed by atoms with Gasteiger partial charge in [-0.1, -0.05) is 11.6 Å². The van der Waals surface area contributed by atoms with Crippen molar-refractivity contribution in [1.29, 1.82) is 0 Å². The molecule has 0 spiro atoms. The Morgan fingerprint density at radius 1 is 1.39 bits per heavy atom. The van der Waals surface area contributed by atoms with Gasteiger partial charge in [0, 0.05) is 11.2 Å². The lowest BCUT2D eigenvalue weighted by Gasteiger charge is -2.09. The van der Waals surface area contributed by atoms with E-state index in [9.17, 15) is 4.39 Å². The number of benzene rings is 1. The highest BCUT2D eigenvalue weighted by molar-refractivity contribution is 9.10. The van der Waals surface area contributed by atoms with Crippen LogP contribution in [0.4, 0.5) is 21.8 Å². The van der Waals surface area contributed by atoms with Gasteiger partial charge in [0.2, 0.25) is 5.95 Å². The second-order valence-corrected chi connectivity index (χ2v) is 4.57. The molecule has 18 heavy (non-hydrogen) atoms. The quantitative estimate of drug-likeness (QED) is 0.595. The number of hydrogen-bond acceptors (Lipinski definition) is 5. The van der Waals surface area contributed by atoms with Gasteiger partial charge in [-0.3, -0.25) is 5.43 Å². The van der Waals surface area contributed by atoms with Crippen LogP contribution in [0.2, 0.25) is 5.02 Å². The van der Waals surface area contributed by atoms with Crippen LogP contribution in [-0.2, 0) is 0 Å². The van der Waals surface area contributed by atoms with E-state index in [1.54, 1.807) is 6.07 Å². The van der Waals surface area contributed by atoms with Crippen molar-refractivity contribution in [2.45, 2.75) is 0 Å². The summed E-state index contributed by atoms with van der Waals surface area (Å²) < 4.78 is 14.2. The van der Waals surface area contributed by atoms with E-state index in [0.29, 0.717) is 15.3 Å². The van der Waals surface area contributed by atoms with Crippen molar-refractivity contribution < 1.29 is 4.39 Å². The van der Waals surface area contributed by atoms with E-state index in [0.717, 1.165) is 0 Å². The first-order chi connectivity index (χ1) is 8.60. The summed E-state index contributed by atoms with van der Waals surface area (Å²) in [4.78, 5) is 7.93. The minimum absolute atomic E-state index is 0.218. The summed E-state index contributed by atoms with van der Waals surface area (Å²) >= 11 is 8.92. The number of anilines is 3. The molecule has 0 atom stereocenters. The van der Waals surface area contributed by atoms with Crippen molar-refractivity contribution in [2.24, 2.45) is 5.84 Å². The molecule has 0 bridgehead atoms. The molecule has 4 N–H and O–H groups in total. The molecule has 0 unspecified atom stereocenters. The summed E-state index contributed by atoms with van der Waals surface area (Å²) in [7, 11) is 0. The molecule has 1 aromatic heterocycles. The van der Waals surface area contributed by atoms with Gasteiger partial charge < -0.3 is 5.32 Å². The molecule has 1 heterocycles. The van der Waals surface area contributed by atoms with Crippen LogP contribution in [-0.4, -0.2) is 9.97 Å². The Bertz CT molecular complexity index is 580. The maximum Gasteiger partial charge on any atom is 0.239 e. The zero-order valence-electron chi connectivity index (χ0n) is 8.92. The van der Waals surface area contributed by atoms with Crippen molar-refractivity contribution in [2.75, 3.05) is 10.7 Å². The Balaban J connectivity index is 2.33. The second-order valence-electron chi connectivity index (χ2n) is 3.28. The fourth-order valence-electron chi connectivity index (χ4n) is 1.24. The summed E-state index contributed by atoms with van der Waals surface area (Å²) in [5.41, 5.74) is 2.56. The van der Waals surface area contributed by atoms with Gasteiger partial charge in [0.25, 0.3) is 0 Å². The summed E-state index contributed by atoms with van der Waals surface area (Å²) in [6, 6.07) is 4.30. The van der Waals surface area contributed by atoms with Crippen LogP contribution in [0, 0.1) is 5.82 Å². The predicted molar refractivity (Wildman–Crippen MR) is 72.2 cm³/mol. The number of nitrogens with two attached hydrogens (primary N) is 1. The van der Waals surface area contributed by atoms with Crippen molar-refractivity contribution in [3.05, 3.63) is 39.7 Å². The molecule has 2 aromatic rings. The SMILES string of the molecule is NNc1ncc(Br)c(Nc2ccc(Cl)cc2F)n1. The number of aromatic nitrogens is 2. The molecule has 1 aromatic carbocycles. The van der Waals surface area contributed by atoms with Crippen molar-refractivity contribution >= 4 is 45.0 Å². The molecule has 0 fully saturated rings. The second kappa shape index (κ2) is 5.47. The number of hydrogen-bond donors (Lipinski definition) is 3. The first-order valence-electron chi connectivity index (χ1n) is 4.81. The molecule has 0 aliphatic heterocycles. The number of rotatable bonds is 3. The number of nitrogens with one attached hydrogen (secondary N) is 2. The molecule has 0 saturated carbocycles. The summed E-state index contributed by atoms with van der Waals surface area (Å²) in [6.45, 7) is 0. The molecule has 5 nitrogen and oxygen atoms in total. The number of nitrogens with zero attached hydrogens (tertiary/aromatic N) is 2. The van der Waals surface area contributed by atoms with Crippen molar-refractivity contribution in [1.82, 2.24) is 9.97 Å². The van der Waals surface area contributed by atoms with E-state index in [1.165, 1.54) is 18.3 Å². The molecule has 0 aliphatic rings. The Hall–Kier alpha value is -1.44. The van der Waals surface area contributed by atoms with Crippen LogP contribution in [0.15, 0.2) is 28.9 Å². The molecule has 0 amide bonds. The third-order valence-corrected chi connectivity index (χ3v) is 2.87. The predicted octanol–water partition coefficient (Wildman–Crippen LogP) is 3.06. The van der Waals surface area contributed by atoms with Crippen molar-refractivity contribution in [3.63, 3.8) is 0 Å². The zero-order chi connectivity index (χ0) is 13.1. The van der Waals surface area contributed by atoms with Crippen LogP contribution in [0.25, 0.3) is 0 Å². The van der Waals surface area contributed by atoms with E-state index in [-0.39, 0.29) is 11.6 Å². The van der Waals surface area contributed by atoms with Gasteiger partial charge in [-0.05, 0) is 34.1 Å². The molecule has 0 aliphatic carbocycles. The van der Waals surface area contributed by atoms with E-state index in [2.05, 4.69) is 36.6 Å². The van der Waals surface area contributed by atoms with E-state index < -0.39 is 5.82 Å². The fraction of sp³-hybridized carbons (Fsp3) is 0. The lowest BCUT2D eigenvalue weighted by atomic mass is 10.3. The monoisotopic (exact) mass is 331 g/mol. The first kappa shape index (κ1) is 13.0. The standard InChI is InChI=1S/C10H8BrClFN5/c11-6-4-15-10(18-14)17-9(6)16-8-2-1-5(12)3-7(8)13/h1-4H,14H2,(H2,15,16,17,18). The average molecular weight is 333 g/mol. The Labute approximate surface area is 116 Å². The Morgan fingerprint density at radius 2 is 2.17 bits per heavy atom. The van der Waals surface area contributed by atoms with Gasteiger partial charge >= 0.3 is 0 Å². The highest BCUT2D eigenvalue weighted by atomic mass is 79.9. The van der Waals surface area contributed by atoms with Crippen LogP contribution in [0.3, 0.4) is 0 Å². The Kier molecular flexibility index (Phi) is 3.95. The van der Waals surface area contributed by atoms with E-state index in [1.807, 2.05) is 0 Å². The van der Waals surface area contributed by atoms with Gasteiger partial charge in [0.05, 0.1) is 10.2 Å². The van der Waals surface area contributed by atoms with Gasteiger partial charge in [-0.15, -0.1) is 0 Å². The van der Waals surface area contributed by atoms with Crippen LogP contribution < -0.4 is 16.6 Å². The van der Waals surface area contributed by atoms with Crippen LogP contribution in [0.5, 0.6) is 0 Å². The van der Waals surface area contributed by atoms with Crippen LogP contribution >= 0.6 is 27.5 Å². The molecule has 2 rings (SSSR count). The third-order valence-electron chi connectivity index (χ3n) is 2.06. The molecular weight excluding hydrogens is 324 g/mol. The normalized spacial score (nSPS) is 10.2. The fourth-order valence-corrected chi connectivity index (χ4v) is 1.69.